The first-order valence-electron chi connectivity index (χ1n) is 7.60. The lowest BCUT2D eigenvalue weighted by atomic mass is 9.92. The number of pyridine rings is 1. The van der Waals surface area contributed by atoms with Crippen molar-refractivity contribution in [3.05, 3.63) is 69.4 Å². The first-order chi connectivity index (χ1) is 11.1. The Morgan fingerprint density at radius 3 is 3.00 bits per heavy atom. The highest BCUT2D eigenvalue weighted by Crippen LogP contribution is 2.18. The van der Waals surface area contributed by atoms with Gasteiger partial charge >= 0.3 is 6.03 Å². The molecule has 120 valence electrons. The zero-order chi connectivity index (χ0) is 16.2. The molecule has 1 aliphatic carbocycles. The molecule has 2 aromatic rings. The Kier molecular flexibility index (Phi) is 4.41. The Balaban J connectivity index is 1.53. The molecule has 5 nitrogen and oxygen atoms in total. The lowest BCUT2D eigenvalue weighted by Gasteiger charge is -2.25. The lowest BCUT2D eigenvalue weighted by molar-refractivity contribution is 0.235. The molecule has 1 atom stereocenters. The number of benzene rings is 1. The van der Waals surface area contributed by atoms with Crippen molar-refractivity contribution in [3.63, 3.8) is 0 Å². The van der Waals surface area contributed by atoms with E-state index < -0.39 is 0 Å². The Bertz CT molecular complexity index is 772. The third-order valence-corrected chi connectivity index (χ3v) is 3.98. The van der Waals surface area contributed by atoms with Crippen LogP contribution >= 0.6 is 0 Å². The summed E-state index contributed by atoms with van der Waals surface area (Å²) in [7, 11) is 0. The quantitative estimate of drug-likeness (QED) is 0.809. The van der Waals surface area contributed by atoms with Gasteiger partial charge in [-0.05, 0) is 42.5 Å². The van der Waals surface area contributed by atoms with Gasteiger partial charge in [0, 0.05) is 24.3 Å². The Hall–Kier alpha value is -2.63. The number of aromatic nitrogens is 1. The van der Waals surface area contributed by atoms with E-state index in [1.807, 2.05) is 6.07 Å². The highest BCUT2D eigenvalue weighted by molar-refractivity contribution is 5.74. The summed E-state index contributed by atoms with van der Waals surface area (Å²) >= 11 is 0. The minimum atomic E-state index is -0.317. The number of aromatic amines is 1. The van der Waals surface area contributed by atoms with Crippen LogP contribution in [0.2, 0.25) is 0 Å². The van der Waals surface area contributed by atoms with Crippen molar-refractivity contribution in [2.24, 2.45) is 0 Å². The van der Waals surface area contributed by atoms with Crippen LogP contribution in [0.5, 0.6) is 0 Å². The fourth-order valence-electron chi connectivity index (χ4n) is 2.84. The van der Waals surface area contributed by atoms with Crippen LogP contribution in [-0.4, -0.2) is 17.1 Å². The lowest BCUT2D eigenvalue weighted by Crippen LogP contribution is -2.44. The van der Waals surface area contributed by atoms with Crippen molar-refractivity contribution in [1.82, 2.24) is 15.6 Å². The van der Waals surface area contributed by atoms with Gasteiger partial charge in [0.2, 0.25) is 5.56 Å². The molecule has 0 unspecified atom stereocenters. The highest BCUT2D eigenvalue weighted by atomic mass is 19.1. The maximum atomic E-state index is 13.1. The summed E-state index contributed by atoms with van der Waals surface area (Å²) in [5.74, 6) is -0.317. The third-order valence-electron chi connectivity index (χ3n) is 3.98. The van der Waals surface area contributed by atoms with Gasteiger partial charge < -0.3 is 15.6 Å². The zero-order valence-corrected chi connectivity index (χ0v) is 12.6. The number of urea groups is 1. The molecule has 0 aliphatic heterocycles. The first kappa shape index (κ1) is 15.3. The smallest absolute Gasteiger partial charge is 0.315 e. The van der Waals surface area contributed by atoms with E-state index >= 15 is 0 Å². The summed E-state index contributed by atoms with van der Waals surface area (Å²) < 4.78 is 13.1. The van der Waals surface area contributed by atoms with Gasteiger partial charge in [-0.3, -0.25) is 4.79 Å². The van der Waals surface area contributed by atoms with Crippen molar-refractivity contribution >= 4 is 6.03 Å². The second-order valence-corrected chi connectivity index (χ2v) is 5.72. The molecular weight excluding hydrogens is 297 g/mol. The summed E-state index contributed by atoms with van der Waals surface area (Å²) in [5, 5.41) is 5.66. The van der Waals surface area contributed by atoms with Crippen LogP contribution in [0.1, 0.15) is 23.2 Å². The van der Waals surface area contributed by atoms with E-state index in [1.165, 1.54) is 18.2 Å². The summed E-state index contributed by atoms with van der Waals surface area (Å²) in [6.45, 7) is 0.278. The maximum absolute atomic E-state index is 13.1. The van der Waals surface area contributed by atoms with Crippen LogP contribution in [0.25, 0.3) is 0 Å². The molecule has 1 aromatic carbocycles. The normalized spacial score (nSPS) is 16.5. The summed E-state index contributed by atoms with van der Waals surface area (Å²) in [6, 6.07) is 9.21. The molecule has 0 radical (unpaired) electrons. The van der Waals surface area contributed by atoms with Gasteiger partial charge in [-0.2, -0.15) is 0 Å². The molecule has 0 spiro atoms. The number of aryl methyl sites for hydroxylation is 1. The van der Waals surface area contributed by atoms with E-state index in [2.05, 4.69) is 15.6 Å². The van der Waals surface area contributed by atoms with Crippen LogP contribution in [-0.2, 0) is 19.4 Å². The molecule has 1 heterocycles. The van der Waals surface area contributed by atoms with Crippen molar-refractivity contribution in [3.8, 4) is 0 Å². The van der Waals surface area contributed by atoms with Crippen molar-refractivity contribution in [2.75, 3.05) is 0 Å². The van der Waals surface area contributed by atoms with Crippen LogP contribution < -0.4 is 16.2 Å². The van der Waals surface area contributed by atoms with Crippen LogP contribution in [0.3, 0.4) is 0 Å². The zero-order valence-electron chi connectivity index (χ0n) is 12.6. The number of nitrogens with one attached hydrogen (secondary N) is 3. The minimum Gasteiger partial charge on any atom is -0.335 e. The first-order valence-corrected chi connectivity index (χ1v) is 7.60. The number of carbonyl (C=O) groups is 1. The van der Waals surface area contributed by atoms with Crippen LogP contribution in [0.4, 0.5) is 9.18 Å². The number of halogens is 1. The predicted octanol–water partition coefficient (Wildman–Crippen LogP) is 1.87. The Morgan fingerprint density at radius 2 is 2.17 bits per heavy atom. The standard InChI is InChI=1S/C17H18FN3O2/c18-13-3-1-2-11(8-13)10-19-17(23)20-14-5-6-15-12(9-14)4-7-16(22)21-15/h1-4,7-8,14H,5-6,9-10H2,(H,21,22)(H2,19,20,23)/t14-/m0/s1. The van der Waals surface area contributed by atoms with Crippen LogP contribution in [0, 0.1) is 5.82 Å². The van der Waals surface area contributed by atoms with Crippen molar-refractivity contribution in [1.29, 1.82) is 0 Å². The van der Waals surface area contributed by atoms with Crippen LogP contribution in [0.15, 0.2) is 41.2 Å². The predicted molar refractivity (Wildman–Crippen MR) is 84.6 cm³/mol. The van der Waals surface area contributed by atoms with E-state index in [0.717, 1.165) is 24.1 Å². The van der Waals surface area contributed by atoms with Gasteiger partial charge in [0.1, 0.15) is 5.82 Å². The summed E-state index contributed by atoms with van der Waals surface area (Å²) in [4.78, 5) is 26.1. The third kappa shape index (κ3) is 3.97. The van der Waals surface area contributed by atoms with Gasteiger partial charge in [-0.15, -0.1) is 0 Å². The Labute approximate surface area is 132 Å². The van der Waals surface area contributed by atoms with Gasteiger partial charge in [0.05, 0.1) is 0 Å². The topological polar surface area (TPSA) is 74.0 Å². The number of hydrogen-bond donors (Lipinski definition) is 3. The van der Waals surface area contributed by atoms with E-state index in [0.29, 0.717) is 12.0 Å². The van der Waals surface area contributed by atoms with Gasteiger partial charge in [-0.1, -0.05) is 18.2 Å². The maximum Gasteiger partial charge on any atom is 0.315 e. The molecule has 0 saturated carbocycles. The molecule has 6 heteroatoms. The fourth-order valence-corrected chi connectivity index (χ4v) is 2.84. The van der Waals surface area contributed by atoms with Gasteiger partial charge in [0.15, 0.2) is 0 Å². The molecule has 1 aliphatic rings. The summed E-state index contributed by atoms with van der Waals surface area (Å²) in [6.07, 6.45) is 2.21. The van der Waals surface area contributed by atoms with Gasteiger partial charge in [-0.25, -0.2) is 9.18 Å². The molecule has 2 amide bonds. The molecule has 0 bridgehead atoms. The van der Waals surface area contributed by atoms with Crippen molar-refractivity contribution < 1.29 is 9.18 Å². The van der Waals surface area contributed by atoms with Gasteiger partial charge in [0.25, 0.3) is 0 Å². The van der Waals surface area contributed by atoms with E-state index in [9.17, 15) is 14.0 Å². The van der Waals surface area contributed by atoms with Crippen molar-refractivity contribution in [2.45, 2.75) is 31.8 Å². The minimum absolute atomic E-state index is 0.0286. The largest absolute Gasteiger partial charge is 0.335 e. The second-order valence-electron chi connectivity index (χ2n) is 5.72. The fraction of sp³-hybridized carbons (Fsp3) is 0.294. The van der Waals surface area contributed by atoms with E-state index in [1.54, 1.807) is 12.1 Å². The van der Waals surface area contributed by atoms with E-state index in [-0.39, 0.29) is 30.0 Å². The number of H-pyrrole nitrogens is 1. The monoisotopic (exact) mass is 315 g/mol. The average molecular weight is 315 g/mol. The SMILES string of the molecule is O=C(NCc1cccc(F)c1)N[C@H]1CCc2[nH]c(=O)ccc2C1. The molecule has 3 rings (SSSR count). The Morgan fingerprint density at radius 1 is 1.30 bits per heavy atom. The highest BCUT2D eigenvalue weighted by Gasteiger charge is 2.20. The number of amides is 2. The molecule has 1 aromatic heterocycles. The number of rotatable bonds is 3. The summed E-state index contributed by atoms with van der Waals surface area (Å²) in [5.41, 5.74) is 2.64. The number of fused-ring (bicyclic) bond motifs is 1. The number of hydrogen-bond acceptors (Lipinski definition) is 2. The van der Waals surface area contributed by atoms with E-state index in [4.69, 9.17) is 0 Å². The second kappa shape index (κ2) is 6.64. The molecule has 3 N–H and O–H groups in total. The molecule has 0 saturated heterocycles. The molecule has 0 fully saturated rings. The average Bonchev–Trinajstić information content (AvgIpc) is 2.53. The number of carbonyl (C=O) groups excluding carboxylic acids is 1. The molecular formula is C17H18FN3O2. The molecule has 23 heavy (non-hydrogen) atoms.